The van der Waals surface area contributed by atoms with Gasteiger partial charge in [0.1, 0.15) is 5.82 Å². The Labute approximate surface area is 131 Å². The molecule has 0 fully saturated rings. The Morgan fingerprint density at radius 2 is 1.60 bits per heavy atom. The largest absolute Gasteiger partial charge is 0.342 e. The summed E-state index contributed by atoms with van der Waals surface area (Å²) in [6.07, 6.45) is 1.73. The number of nitrogens with one attached hydrogen (secondary N) is 1. The molecule has 1 N–H and O–H groups in total. The third kappa shape index (κ3) is 2.93. The Morgan fingerprint density at radius 3 is 2.35 bits per heavy atom. The highest BCUT2D eigenvalue weighted by Crippen LogP contribution is 2.26. The smallest absolute Gasteiger partial charge is 0.107 e. The van der Waals surface area contributed by atoms with Crippen LogP contribution in [-0.2, 0) is 12.8 Å². The molecule has 20 heavy (non-hydrogen) atoms. The summed E-state index contributed by atoms with van der Waals surface area (Å²) in [6, 6.07) is 11.4. The van der Waals surface area contributed by atoms with Crippen molar-refractivity contribution >= 4 is 45.8 Å². The quantitative estimate of drug-likeness (QED) is 0.694. The Bertz CT molecular complexity index is 709. The van der Waals surface area contributed by atoms with Gasteiger partial charge in [0, 0.05) is 11.4 Å². The van der Waals surface area contributed by atoms with Gasteiger partial charge < -0.3 is 4.98 Å². The molecule has 1 heterocycles. The molecule has 0 spiro atoms. The van der Waals surface area contributed by atoms with Gasteiger partial charge in [-0.15, -0.1) is 0 Å². The van der Waals surface area contributed by atoms with E-state index in [9.17, 15) is 0 Å². The predicted octanol–water partition coefficient (Wildman–Crippen LogP) is 5.31. The predicted molar refractivity (Wildman–Crippen MR) is 85.0 cm³/mol. The van der Waals surface area contributed by atoms with Gasteiger partial charge in [-0.25, -0.2) is 4.98 Å². The van der Waals surface area contributed by atoms with Gasteiger partial charge >= 0.3 is 0 Å². The SMILES string of the molecule is Clc1ccc(CCc2nc3cc(Cl)c(Cl)cc3[nH]2)cc1. The number of fused-ring (bicyclic) bond motifs is 1. The normalized spacial score (nSPS) is 11.2. The number of nitrogens with zero attached hydrogens (tertiary/aromatic N) is 1. The van der Waals surface area contributed by atoms with Crippen molar-refractivity contribution in [2.24, 2.45) is 0 Å². The molecule has 2 aromatic carbocycles. The summed E-state index contributed by atoms with van der Waals surface area (Å²) in [7, 11) is 0. The van der Waals surface area contributed by atoms with Crippen molar-refractivity contribution in [1.29, 1.82) is 0 Å². The second kappa shape index (κ2) is 5.65. The molecule has 102 valence electrons. The monoisotopic (exact) mass is 324 g/mol. The van der Waals surface area contributed by atoms with Crippen LogP contribution in [-0.4, -0.2) is 9.97 Å². The first kappa shape index (κ1) is 13.7. The Kier molecular flexibility index (Phi) is 3.88. The summed E-state index contributed by atoms with van der Waals surface area (Å²) < 4.78 is 0. The first-order valence-electron chi connectivity index (χ1n) is 6.20. The summed E-state index contributed by atoms with van der Waals surface area (Å²) in [5, 5.41) is 1.81. The van der Waals surface area contributed by atoms with Gasteiger partial charge in [0.2, 0.25) is 0 Å². The number of imidazole rings is 1. The van der Waals surface area contributed by atoms with E-state index in [4.69, 9.17) is 34.8 Å². The van der Waals surface area contributed by atoms with Crippen LogP contribution in [0.5, 0.6) is 0 Å². The van der Waals surface area contributed by atoms with Crippen molar-refractivity contribution in [3.8, 4) is 0 Å². The van der Waals surface area contributed by atoms with Gasteiger partial charge in [0.05, 0.1) is 21.1 Å². The number of aromatic amines is 1. The lowest BCUT2D eigenvalue weighted by molar-refractivity contribution is 0.890. The molecule has 0 amide bonds. The zero-order valence-corrected chi connectivity index (χ0v) is 12.7. The van der Waals surface area contributed by atoms with E-state index in [0.717, 1.165) is 34.7 Å². The maximum Gasteiger partial charge on any atom is 0.107 e. The molecule has 0 aliphatic rings. The maximum absolute atomic E-state index is 5.99. The van der Waals surface area contributed by atoms with Crippen molar-refractivity contribution in [2.75, 3.05) is 0 Å². The number of hydrogen-bond donors (Lipinski definition) is 1. The molecule has 0 saturated heterocycles. The van der Waals surface area contributed by atoms with Gasteiger partial charge in [0.25, 0.3) is 0 Å². The molecule has 3 aromatic rings. The molecule has 1 aromatic heterocycles. The van der Waals surface area contributed by atoms with Gasteiger partial charge in [0.15, 0.2) is 0 Å². The molecular weight excluding hydrogens is 315 g/mol. The van der Waals surface area contributed by atoms with Crippen LogP contribution >= 0.6 is 34.8 Å². The average molecular weight is 326 g/mol. The van der Waals surface area contributed by atoms with E-state index in [1.165, 1.54) is 5.56 Å². The fourth-order valence-electron chi connectivity index (χ4n) is 2.09. The number of aryl methyl sites for hydroxylation is 2. The van der Waals surface area contributed by atoms with Crippen LogP contribution in [0.15, 0.2) is 36.4 Å². The fourth-order valence-corrected chi connectivity index (χ4v) is 2.54. The third-order valence-corrected chi connectivity index (χ3v) is 4.11. The van der Waals surface area contributed by atoms with Gasteiger partial charge in [-0.3, -0.25) is 0 Å². The Hall–Kier alpha value is -1.22. The number of hydrogen-bond acceptors (Lipinski definition) is 1. The Morgan fingerprint density at radius 1 is 0.900 bits per heavy atom. The minimum atomic E-state index is 0.523. The lowest BCUT2D eigenvalue weighted by atomic mass is 10.1. The van der Waals surface area contributed by atoms with Gasteiger partial charge in [-0.05, 0) is 36.2 Å². The van der Waals surface area contributed by atoms with Crippen molar-refractivity contribution in [3.63, 3.8) is 0 Å². The summed E-state index contributed by atoms with van der Waals surface area (Å²) in [5.41, 5.74) is 2.97. The molecule has 5 heteroatoms. The fraction of sp³-hybridized carbons (Fsp3) is 0.133. The third-order valence-electron chi connectivity index (χ3n) is 3.14. The highest BCUT2D eigenvalue weighted by molar-refractivity contribution is 6.42. The summed E-state index contributed by atoms with van der Waals surface area (Å²) in [4.78, 5) is 7.79. The van der Waals surface area contributed by atoms with Crippen molar-refractivity contribution in [3.05, 3.63) is 62.9 Å². The summed E-state index contributed by atoms with van der Waals surface area (Å²) in [5.74, 6) is 0.924. The van der Waals surface area contributed by atoms with E-state index in [0.29, 0.717) is 10.0 Å². The maximum atomic E-state index is 5.99. The highest BCUT2D eigenvalue weighted by atomic mass is 35.5. The van der Waals surface area contributed by atoms with Crippen LogP contribution < -0.4 is 0 Å². The first-order chi connectivity index (χ1) is 9.61. The Balaban J connectivity index is 1.79. The lowest BCUT2D eigenvalue weighted by Crippen LogP contribution is -1.93. The van der Waals surface area contributed by atoms with E-state index in [2.05, 4.69) is 9.97 Å². The highest BCUT2D eigenvalue weighted by Gasteiger charge is 2.07. The number of aromatic nitrogens is 2. The summed E-state index contributed by atoms with van der Waals surface area (Å²) in [6.45, 7) is 0. The average Bonchev–Trinajstić information content (AvgIpc) is 2.80. The van der Waals surface area contributed by atoms with E-state index < -0.39 is 0 Å². The van der Waals surface area contributed by atoms with Crippen LogP contribution in [0.3, 0.4) is 0 Å². The zero-order valence-electron chi connectivity index (χ0n) is 10.5. The minimum absolute atomic E-state index is 0.523. The molecule has 3 rings (SSSR count). The van der Waals surface area contributed by atoms with Gasteiger partial charge in [-0.1, -0.05) is 46.9 Å². The number of halogens is 3. The first-order valence-corrected chi connectivity index (χ1v) is 7.33. The van der Waals surface area contributed by atoms with Crippen molar-refractivity contribution in [1.82, 2.24) is 9.97 Å². The van der Waals surface area contributed by atoms with Crippen LogP contribution in [0.2, 0.25) is 15.1 Å². The molecular formula is C15H11Cl3N2. The number of H-pyrrole nitrogens is 1. The van der Waals surface area contributed by atoms with E-state index in [-0.39, 0.29) is 0 Å². The van der Waals surface area contributed by atoms with Crippen LogP contribution in [0, 0.1) is 0 Å². The van der Waals surface area contributed by atoms with E-state index in [1.807, 2.05) is 24.3 Å². The van der Waals surface area contributed by atoms with Gasteiger partial charge in [-0.2, -0.15) is 0 Å². The molecule has 0 aliphatic carbocycles. The van der Waals surface area contributed by atoms with Crippen LogP contribution in [0.4, 0.5) is 0 Å². The molecule has 2 nitrogen and oxygen atoms in total. The molecule has 0 radical (unpaired) electrons. The second-order valence-corrected chi connectivity index (χ2v) is 5.84. The molecule has 0 atom stereocenters. The summed E-state index contributed by atoms with van der Waals surface area (Å²) >= 11 is 17.8. The lowest BCUT2D eigenvalue weighted by Gasteiger charge is -1.99. The van der Waals surface area contributed by atoms with Crippen LogP contribution in [0.25, 0.3) is 11.0 Å². The molecule has 0 unspecified atom stereocenters. The topological polar surface area (TPSA) is 28.7 Å². The van der Waals surface area contributed by atoms with Crippen molar-refractivity contribution < 1.29 is 0 Å². The molecule has 0 aliphatic heterocycles. The molecule has 0 saturated carbocycles. The van der Waals surface area contributed by atoms with E-state index >= 15 is 0 Å². The number of rotatable bonds is 3. The second-order valence-electron chi connectivity index (χ2n) is 4.59. The zero-order chi connectivity index (χ0) is 14.1. The van der Waals surface area contributed by atoms with E-state index in [1.54, 1.807) is 12.1 Å². The minimum Gasteiger partial charge on any atom is -0.342 e. The number of benzene rings is 2. The standard InChI is InChI=1S/C15H11Cl3N2/c16-10-4-1-9(2-5-10)3-6-15-19-13-7-11(17)12(18)8-14(13)20-15/h1-2,4-5,7-8H,3,6H2,(H,19,20). The van der Waals surface area contributed by atoms with Crippen molar-refractivity contribution in [2.45, 2.75) is 12.8 Å². The molecule has 0 bridgehead atoms. The van der Waals surface area contributed by atoms with Crippen LogP contribution in [0.1, 0.15) is 11.4 Å².